The molecule has 1 aliphatic carbocycles. The van der Waals surface area contributed by atoms with E-state index in [9.17, 15) is 4.79 Å². The molecule has 0 radical (unpaired) electrons. The molecule has 0 aliphatic heterocycles. The van der Waals surface area contributed by atoms with E-state index in [4.69, 9.17) is 4.74 Å². The Hall–Kier alpha value is -1.73. The largest absolute Gasteiger partial charge is 0.361 e. The molecular weight excluding hydrogens is 356 g/mol. The first-order valence-electron chi connectivity index (χ1n) is 10.1. The maximum absolute atomic E-state index is 12.3. The van der Waals surface area contributed by atoms with Crippen molar-refractivity contribution in [2.24, 2.45) is 5.92 Å². The third-order valence-corrected chi connectivity index (χ3v) is 6.86. The Bertz CT molecular complexity index is 763. The van der Waals surface area contributed by atoms with Gasteiger partial charge in [-0.2, -0.15) is 0 Å². The normalized spacial score (nSPS) is 16.0. The van der Waals surface area contributed by atoms with Gasteiger partial charge in [0, 0.05) is 26.8 Å². The number of ether oxygens (including phenoxy) is 1. The standard InChI is InChI=1S/C20H32N4O2Si/c1-27(2,3)12-11-26-15-24-10-9-18-19(24)21-13-17(23-18)14-22-20(25)16-7-5-4-6-8-16/h9-10,13,16H,4-8,11-12,14-15H2,1-3H3,(H,22,25). The summed E-state index contributed by atoms with van der Waals surface area (Å²) >= 11 is 0. The predicted octanol–water partition coefficient (Wildman–Crippen LogP) is 3.94. The summed E-state index contributed by atoms with van der Waals surface area (Å²) in [6.07, 6.45) is 9.32. The highest BCUT2D eigenvalue weighted by molar-refractivity contribution is 6.76. The topological polar surface area (TPSA) is 69.0 Å². The van der Waals surface area contributed by atoms with Gasteiger partial charge in [-0.3, -0.25) is 4.79 Å². The predicted molar refractivity (Wildman–Crippen MR) is 110 cm³/mol. The van der Waals surface area contributed by atoms with Gasteiger partial charge in [-0.05, 0) is 25.0 Å². The van der Waals surface area contributed by atoms with Gasteiger partial charge in [-0.25, -0.2) is 9.97 Å². The van der Waals surface area contributed by atoms with Gasteiger partial charge in [0.1, 0.15) is 12.2 Å². The molecule has 0 atom stereocenters. The van der Waals surface area contributed by atoms with E-state index in [0.29, 0.717) is 13.3 Å². The van der Waals surface area contributed by atoms with Crippen LogP contribution >= 0.6 is 0 Å². The van der Waals surface area contributed by atoms with Crippen LogP contribution in [-0.2, 0) is 22.8 Å². The Labute approximate surface area is 162 Å². The molecule has 1 aliphatic rings. The van der Waals surface area contributed by atoms with E-state index in [2.05, 4.69) is 34.9 Å². The number of nitrogens with one attached hydrogen (secondary N) is 1. The minimum Gasteiger partial charge on any atom is -0.361 e. The maximum atomic E-state index is 12.3. The monoisotopic (exact) mass is 388 g/mol. The molecule has 1 saturated carbocycles. The number of hydrogen-bond acceptors (Lipinski definition) is 4. The fraction of sp³-hybridized carbons (Fsp3) is 0.650. The first-order chi connectivity index (χ1) is 12.9. The molecular formula is C20H32N4O2Si. The Morgan fingerprint density at radius 3 is 2.81 bits per heavy atom. The van der Waals surface area contributed by atoms with E-state index in [1.807, 2.05) is 16.8 Å². The number of carbonyl (C=O) groups excluding carboxylic acids is 1. The second-order valence-corrected chi connectivity index (χ2v) is 14.4. The molecule has 0 aromatic carbocycles. The van der Waals surface area contributed by atoms with Crippen LogP contribution in [0.2, 0.25) is 25.7 Å². The highest BCUT2D eigenvalue weighted by Crippen LogP contribution is 2.23. The van der Waals surface area contributed by atoms with Crippen LogP contribution in [0, 0.1) is 5.92 Å². The molecule has 1 amide bonds. The minimum atomic E-state index is -1.07. The zero-order chi connectivity index (χ0) is 19.3. The average Bonchev–Trinajstić information content (AvgIpc) is 3.05. The lowest BCUT2D eigenvalue weighted by atomic mass is 9.89. The van der Waals surface area contributed by atoms with Gasteiger partial charge >= 0.3 is 0 Å². The molecule has 1 fully saturated rings. The summed E-state index contributed by atoms with van der Waals surface area (Å²) in [4.78, 5) is 21.4. The molecule has 27 heavy (non-hydrogen) atoms. The van der Waals surface area contributed by atoms with Crippen molar-refractivity contribution in [2.45, 2.75) is 71.1 Å². The Morgan fingerprint density at radius 1 is 1.30 bits per heavy atom. The van der Waals surface area contributed by atoms with E-state index in [-0.39, 0.29) is 11.8 Å². The Morgan fingerprint density at radius 2 is 2.07 bits per heavy atom. The molecule has 0 spiro atoms. The van der Waals surface area contributed by atoms with Gasteiger partial charge in [0.2, 0.25) is 5.91 Å². The smallest absolute Gasteiger partial charge is 0.223 e. The number of aromatic nitrogens is 3. The lowest BCUT2D eigenvalue weighted by Crippen LogP contribution is -2.31. The number of hydrogen-bond donors (Lipinski definition) is 1. The van der Waals surface area contributed by atoms with Crippen LogP contribution in [0.15, 0.2) is 18.5 Å². The van der Waals surface area contributed by atoms with Crippen molar-refractivity contribution in [2.75, 3.05) is 6.61 Å². The van der Waals surface area contributed by atoms with Crippen molar-refractivity contribution in [3.8, 4) is 0 Å². The summed E-state index contributed by atoms with van der Waals surface area (Å²) in [5.74, 6) is 0.329. The van der Waals surface area contributed by atoms with Crippen LogP contribution in [0.3, 0.4) is 0 Å². The quantitative estimate of drug-likeness (QED) is 0.549. The van der Waals surface area contributed by atoms with Crippen LogP contribution in [0.25, 0.3) is 11.2 Å². The number of nitrogens with zero attached hydrogens (tertiary/aromatic N) is 3. The molecule has 148 valence electrons. The summed E-state index contributed by atoms with van der Waals surface area (Å²) < 4.78 is 7.79. The molecule has 7 heteroatoms. The maximum Gasteiger partial charge on any atom is 0.223 e. The molecule has 1 N–H and O–H groups in total. The molecule has 2 aromatic rings. The van der Waals surface area contributed by atoms with E-state index < -0.39 is 8.07 Å². The zero-order valence-electron chi connectivity index (χ0n) is 16.8. The highest BCUT2D eigenvalue weighted by Gasteiger charge is 2.20. The van der Waals surface area contributed by atoms with Gasteiger partial charge in [0.05, 0.1) is 18.4 Å². The van der Waals surface area contributed by atoms with Crippen molar-refractivity contribution in [1.82, 2.24) is 19.9 Å². The lowest BCUT2D eigenvalue weighted by Gasteiger charge is -2.20. The van der Waals surface area contributed by atoms with E-state index in [0.717, 1.165) is 55.2 Å². The number of fused-ring (bicyclic) bond motifs is 1. The van der Waals surface area contributed by atoms with E-state index in [1.165, 1.54) is 6.42 Å². The Balaban J connectivity index is 1.52. The van der Waals surface area contributed by atoms with E-state index >= 15 is 0 Å². The molecule has 2 aromatic heterocycles. The Kier molecular flexibility index (Phi) is 6.65. The fourth-order valence-electron chi connectivity index (χ4n) is 3.42. The van der Waals surface area contributed by atoms with Gasteiger partial charge in [-0.15, -0.1) is 0 Å². The number of amides is 1. The average molecular weight is 389 g/mol. The molecule has 6 nitrogen and oxygen atoms in total. The summed E-state index contributed by atoms with van der Waals surface area (Å²) in [5, 5.41) is 3.03. The van der Waals surface area contributed by atoms with Gasteiger partial charge in [-0.1, -0.05) is 38.9 Å². The molecule has 0 saturated heterocycles. The van der Waals surface area contributed by atoms with Crippen LogP contribution in [0.4, 0.5) is 0 Å². The summed E-state index contributed by atoms with van der Waals surface area (Å²) in [6.45, 7) is 8.77. The third-order valence-electron chi connectivity index (χ3n) is 5.16. The number of carbonyl (C=O) groups is 1. The van der Waals surface area contributed by atoms with Crippen LogP contribution in [0.1, 0.15) is 37.8 Å². The van der Waals surface area contributed by atoms with Crippen molar-refractivity contribution in [3.05, 3.63) is 24.2 Å². The summed E-state index contributed by atoms with van der Waals surface area (Å²) in [6, 6.07) is 3.11. The van der Waals surface area contributed by atoms with Crippen molar-refractivity contribution >= 4 is 25.1 Å². The SMILES string of the molecule is C[Si](C)(C)CCOCn1ccc2nc(CNC(=O)C3CCCCC3)cnc21. The van der Waals surface area contributed by atoms with Crippen molar-refractivity contribution in [1.29, 1.82) is 0 Å². The van der Waals surface area contributed by atoms with Crippen LogP contribution in [0.5, 0.6) is 0 Å². The lowest BCUT2D eigenvalue weighted by molar-refractivity contribution is -0.126. The highest BCUT2D eigenvalue weighted by atomic mass is 28.3. The third kappa shape index (κ3) is 5.87. The molecule has 0 unspecified atom stereocenters. The zero-order valence-corrected chi connectivity index (χ0v) is 17.8. The minimum absolute atomic E-state index is 0.157. The molecule has 0 bridgehead atoms. The second-order valence-electron chi connectivity index (χ2n) is 8.76. The van der Waals surface area contributed by atoms with Crippen molar-refractivity contribution < 1.29 is 9.53 Å². The second kappa shape index (κ2) is 8.97. The molecule has 2 heterocycles. The first kappa shape index (κ1) is 20.0. The summed E-state index contributed by atoms with van der Waals surface area (Å²) in [7, 11) is -1.07. The van der Waals surface area contributed by atoms with E-state index in [1.54, 1.807) is 6.20 Å². The summed E-state index contributed by atoms with van der Waals surface area (Å²) in [5.41, 5.74) is 2.46. The fourth-order valence-corrected chi connectivity index (χ4v) is 4.17. The van der Waals surface area contributed by atoms with Gasteiger partial charge in [0.25, 0.3) is 0 Å². The van der Waals surface area contributed by atoms with Crippen LogP contribution in [-0.4, -0.2) is 35.1 Å². The number of rotatable bonds is 8. The van der Waals surface area contributed by atoms with Gasteiger partial charge in [0.15, 0.2) is 5.65 Å². The van der Waals surface area contributed by atoms with Crippen molar-refractivity contribution in [3.63, 3.8) is 0 Å². The van der Waals surface area contributed by atoms with Crippen LogP contribution < -0.4 is 5.32 Å². The first-order valence-corrected chi connectivity index (χ1v) is 13.8. The van der Waals surface area contributed by atoms with Gasteiger partial charge < -0.3 is 14.6 Å². The molecule has 3 rings (SSSR count).